The zero-order valence-electron chi connectivity index (χ0n) is 23.6. The number of benzene rings is 3. The molecule has 3 amide bonds. The van der Waals surface area contributed by atoms with Crippen molar-refractivity contribution >= 4 is 17.6 Å². The molecular formula is C34H33F3N4O2. The number of nitrogens with zero attached hydrogens (tertiary/aromatic N) is 2. The first-order valence-corrected chi connectivity index (χ1v) is 14.4. The van der Waals surface area contributed by atoms with E-state index in [1.807, 2.05) is 54.6 Å². The number of alkyl halides is 3. The van der Waals surface area contributed by atoms with Gasteiger partial charge in [0.2, 0.25) is 0 Å². The zero-order chi connectivity index (χ0) is 30.2. The lowest BCUT2D eigenvalue weighted by molar-refractivity contribution is -0.137. The molecule has 0 atom stereocenters. The van der Waals surface area contributed by atoms with Crippen LogP contribution in [0.1, 0.15) is 59.2 Å². The normalized spacial score (nSPS) is 13.7. The van der Waals surface area contributed by atoms with Gasteiger partial charge in [-0.1, -0.05) is 61.7 Å². The van der Waals surface area contributed by atoms with Crippen LogP contribution >= 0.6 is 0 Å². The summed E-state index contributed by atoms with van der Waals surface area (Å²) in [5.74, 6) is -0.0444. The number of rotatable bonds is 8. The number of carbonyl (C=O) groups excluding carboxylic acids is 2. The summed E-state index contributed by atoms with van der Waals surface area (Å²) in [6.45, 7) is 0.522. The quantitative estimate of drug-likeness (QED) is 0.219. The Morgan fingerprint density at radius 3 is 2.02 bits per heavy atom. The standard InChI is InChI=1S/C34H33F3N4O2/c35-34(36,37)29-16-18-31(19-17-29)40-33(43)41(23-25-5-4-20-38-21-25)22-24-8-10-26(11-9-24)27-12-14-28(15-13-27)32(42)39-30-6-2-1-3-7-30/h4-5,8-21,30H,1-3,6-7,22-23H2,(H,39,42)(H,40,43). The van der Waals surface area contributed by atoms with Crippen molar-refractivity contribution in [2.45, 2.75) is 57.4 Å². The molecule has 1 aromatic heterocycles. The first-order valence-electron chi connectivity index (χ1n) is 14.4. The maximum absolute atomic E-state index is 13.2. The fourth-order valence-electron chi connectivity index (χ4n) is 5.21. The number of aromatic nitrogens is 1. The summed E-state index contributed by atoms with van der Waals surface area (Å²) in [7, 11) is 0. The Morgan fingerprint density at radius 1 is 0.791 bits per heavy atom. The SMILES string of the molecule is O=C(NC1CCCCC1)c1ccc(-c2ccc(CN(Cc3cccnc3)C(=O)Nc3ccc(C(F)(F)F)cc3)cc2)cc1. The van der Waals surface area contributed by atoms with Gasteiger partial charge in [-0.3, -0.25) is 9.78 Å². The van der Waals surface area contributed by atoms with E-state index in [0.29, 0.717) is 5.56 Å². The van der Waals surface area contributed by atoms with E-state index in [-0.39, 0.29) is 30.7 Å². The molecule has 0 saturated heterocycles. The molecule has 3 aromatic carbocycles. The van der Waals surface area contributed by atoms with Crippen molar-refractivity contribution in [1.29, 1.82) is 0 Å². The van der Waals surface area contributed by atoms with E-state index in [1.165, 1.54) is 18.6 Å². The van der Waals surface area contributed by atoms with Gasteiger partial charge < -0.3 is 15.5 Å². The van der Waals surface area contributed by atoms with Crippen LogP contribution in [-0.4, -0.2) is 27.9 Å². The highest BCUT2D eigenvalue weighted by atomic mass is 19.4. The molecule has 222 valence electrons. The van der Waals surface area contributed by atoms with Crippen molar-refractivity contribution in [1.82, 2.24) is 15.2 Å². The van der Waals surface area contributed by atoms with Crippen molar-refractivity contribution in [2.75, 3.05) is 5.32 Å². The average molecular weight is 587 g/mol. The fourth-order valence-corrected chi connectivity index (χ4v) is 5.21. The third-order valence-corrected chi connectivity index (χ3v) is 7.60. The summed E-state index contributed by atoms with van der Waals surface area (Å²) in [5.41, 5.74) is 3.74. The predicted molar refractivity (Wildman–Crippen MR) is 160 cm³/mol. The van der Waals surface area contributed by atoms with Crippen molar-refractivity contribution in [3.8, 4) is 11.1 Å². The Morgan fingerprint density at radius 2 is 1.42 bits per heavy atom. The van der Waals surface area contributed by atoms with Gasteiger partial charge >= 0.3 is 12.2 Å². The minimum absolute atomic E-state index is 0.0444. The molecule has 0 bridgehead atoms. The van der Waals surface area contributed by atoms with Gasteiger partial charge in [-0.05, 0) is 77.6 Å². The Bertz CT molecular complexity index is 1500. The van der Waals surface area contributed by atoms with Crippen LogP contribution in [-0.2, 0) is 19.3 Å². The molecule has 0 radical (unpaired) electrons. The highest BCUT2D eigenvalue weighted by Gasteiger charge is 2.30. The molecule has 1 aliphatic rings. The Labute approximate surface area is 249 Å². The number of pyridine rings is 1. The highest BCUT2D eigenvalue weighted by molar-refractivity contribution is 5.95. The first kappa shape index (κ1) is 29.8. The number of amides is 3. The lowest BCUT2D eigenvalue weighted by atomic mass is 9.95. The summed E-state index contributed by atoms with van der Waals surface area (Å²) in [6, 6.07) is 23.1. The molecule has 5 rings (SSSR count). The van der Waals surface area contributed by atoms with Crippen molar-refractivity contribution in [3.05, 3.63) is 120 Å². The second kappa shape index (κ2) is 13.5. The van der Waals surface area contributed by atoms with Crippen molar-refractivity contribution in [3.63, 3.8) is 0 Å². The number of halogens is 3. The number of hydrogen-bond acceptors (Lipinski definition) is 3. The van der Waals surface area contributed by atoms with E-state index in [2.05, 4.69) is 15.6 Å². The van der Waals surface area contributed by atoms with Gasteiger partial charge in [-0.25, -0.2) is 4.79 Å². The van der Waals surface area contributed by atoms with Gasteiger partial charge in [0.25, 0.3) is 5.91 Å². The predicted octanol–water partition coefficient (Wildman–Crippen LogP) is 8.06. The van der Waals surface area contributed by atoms with E-state index >= 15 is 0 Å². The lowest BCUT2D eigenvalue weighted by Gasteiger charge is -2.24. The van der Waals surface area contributed by atoms with Gasteiger partial charge in [0, 0.05) is 42.8 Å². The molecule has 1 heterocycles. The number of nitrogens with one attached hydrogen (secondary N) is 2. The van der Waals surface area contributed by atoms with Crippen LogP contribution < -0.4 is 10.6 Å². The molecule has 0 unspecified atom stereocenters. The minimum Gasteiger partial charge on any atom is -0.349 e. The van der Waals surface area contributed by atoms with E-state index in [0.717, 1.165) is 60.1 Å². The molecule has 0 aliphatic heterocycles. The molecule has 43 heavy (non-hydrogen) atoms. The average Bonchev–Trinajstić information content (AvgIpc) is 3.02. The second-order valence-corrected chi connectivity index (χ2v) is 10.8. The summed E-state index contributed by atoms with van der Waals surface area (Å²) in [4.78, 5) is 31.6. The fraction of sp³-hybridized carbons (Fsp3) is 0.265. The number of urea groups is 1. The van der Waals surface area contributed by atoms with Crippen LogP contribution in [0.15, 0.2) is 97.3 Å². The van der Waals surface area contributed by atoms with E-state index in [9.17, 15) is 22.8 Å². The van der Waals surface area contributed by atoms with Crippen LogP contribution in [0.4, 0.5) is 23.7 Å². The third-order valence-electron chi connectivity index (χ3n) is 7.60. The number of carbonyl (C=O) groups is 2. The topological polar surface area (TPSA) is 74.3 Å². The summed E-state index contributed by atoms with van der Waals surface area (Å²) in [6.07, 6.45) is 4.48. The molecule has 4 aromatic rings. The van der Waals surface area contributed by atoms with Gasteiger partial charge in [0.15, 0.2) is 0 Å². The van der Waals surface area contributed by atoms with E-state index < -0.39 is 17.8 Å². The van der Waals surface area contributed by atoms with Crippen LogP contribution in [0.5, 0.6) is 0 Å². The molecule has 1 fully saturated rings. The Kier molecular flexibility index (Phi) is 9.39. The molecule has 6 nitrogen and oxygen atoms in total. The van der Waals surface area contributed by atoms with Crippen LogP contribution in [0, 0.1) is 0 Å². The number of anilines is 1. The molecule has 0 spiro atoms. The Balaban J connectivity index is 1.25. The first-order chi connectivity index (χ1) is 20.7. The highest BCUT2D eigenvalue weighted by Crippen LogP contribution is 2.30. The van der Waals surface area contributed by atoms with E-state index in [1.54, 1.807) is 23.4 Å². The maximum Gasteiger partial charge on any atom is 0.416 e. The van der Waals surface area contributed by atoms with Crippen molar-refractivity contribution < 1.29 is 22.8 Å². The third kappa shape index (κ3) is 8.22. The molecule has 1 aliphatic carbocycles. The van der Waals surface area contributed by atoms with Gasteiger partial charge in [0.05, 0.1) is 5.56 Å². The van der Waals surface area contributed by atoms with Gasteiger partial charge in [-0.15, -0.1) is 0 Å². The van der Waals surface area contributed by atoms with Gasteiger partial charge in [0.1, 0.15) is 0 Å². The largest absolute Gasteiger partial charge is 0.416 e. The molecule has 2 N–H and O–H groups in total. The summed E-state index contributed by atoms with van der Waals surface area (Å²) < 4.78 is 38.8. The number of hydrogen-bond donors (Lipinski definition) is 2. The summed E-state index contributed by atoms with van der Waals surface area (Å²) >= 11 is 0. The minimum atomic E-state index is -4.45. The summed E-state index contributed by atoms with van der Waals surface area (Å²) in [5, 5.41) is 5.85. The van der Waals surface area contributed by atoms with Crippen LogP contribution in [0.25, 0.3) is 11.1 Å². The van der Waals surface area contributed by atoms with E-state index in [4.69, 9.17) is 0 Å². The molecular weight excluding hydrogens is 553 g/mol. The smallest absolute Gasteiger partial charge is 0.349 e. The maximum atomic E-state index is 13.2. The van der Waals surface area contributed by atoms with Crippen molar-refractivity contribution in [2.24, 2.45) is 0 Å². The molecule has 1 saturated carbocycles. The van der Waals surface area contributed by atoms with Crippen LogP contribution in [0.3, 0.4) is 0 Å². The second-order valence-electron chi connectivity index (χ2n) is 10.8. The monoisotopic (exact) mass is 586 g/mol. The zero-order valence-corrected chi connectivity index (χ0v) is 23.6. The molecule has 9 heteroatoms. The Hall–Kier alpha value is -4.66. The van der Waals surface area contributed by atoms with Gasteiger partial charge in [-0.2, -0.15) is 13.2 Å². The lowest BCUT2D eigenvalue weighted by Crippen LogP contribution is -2.36. The van der Waals surface area contributed by atoms with Crippen LogP contribution in [0.2, 0.25) is 0 Å².